The Hall–Kier alpha value is -1.15. The van der Waals surface area contributed by atoms with Gasteiger partial charge < -0.3 is 9.47 Å². The van der Waals surface area contributed by atoms with Gasteiger partial charge in [0.15, 0.2) is 0 Å². The van der Waals surface area contributed by atoms with Crippen molar-refractivity contribution >= 4 is 43.8 Å². The molecule has 0 bridgehead atoms. The highest BCUT2D eigenvalue weighted by Gasteiger charge is 2.36. The van der Waals surface area contributed by atoms with E-state index in [2.05, 4.69) is 31.9 Å². The van der Waals surface area contributed by atoms with Gasteiger partial charge in [-0.15, -0.1) is 0 Å². The lowest BCUT2D eigenvalue weighted by Gasteiger charge is -2.20. The van der Waals surface area contributed by atoms with E-state index in [4.69, 9.17) is 9.47 Å². The van der Waals surface area contributed by atoms with Crippen LogP contribution in [0.3, 0.4) is 0 Å². The van der Waals surface area contributed by atoms with E-state index in [-0.39, 0.29) is 10.0 Å². The Labute approximate surface area is 150 Å². The van der Waals surface area contributed by atoms with Gasteiger partial charge in [-0.05, 0) is 51.1 Å². The first-order chi connectivity index (χ1) is 10.9. The van der Waals surface area contributed by atoms with Gasteiger partial charge in [0.25, 0.3) is 5.56 Å². The van der Waals surface area contributed by atoms with Crippen LogP contribution in [-0.4, -0.2) is 30.7 Å². The third-order valence-electron chi connectivity index (χ3n) is 4.11. The molecule has 2 heterocycles. The number of fused-ring (bicyclic) bond motifs is 1. The van der Waals surface area contributed by atoms with Crippen LogP contribution in [0, 0.1) is 0 Å². The van der Waals surface area contributed by atoms with Crippen molar-refractivity contribution in [2.45, 2.75) is 38.1 Å². The maximum atomic E-state index is 12.7. The Morgan fingerprint density at radius 1 is 1.26 bits per heavy atom. The summed E-state index contributed by atoms with van der Waals surface area (Å²) in [5.41, 5.74) is 0.931. The first-order valence-corrected chi connectivity index (χ1v) is 8.75. The zero-order chi connectivity index (χ0) is 17.3. The number of hydrogen-bond acceptors (Lipinski definition) is 5. The minimum atomic E-state index is -0.637. The summed E-state index contributed by atoms with van der Waals surface area (Å²) in [5, 5.41) is 0. The maximum Gasteiger partial charge on any atom is 0.328 e. The van der Waals surface area contributed by atoms with Crippen LogP contribution in [0.15, 0.2) is 13.7 Å². The van der Waals surface area contributed by atoms with Crippen molar-refractivity contribution in [2.24, 2.45) is 0 Å². The minimum absolute atomic E-state index is 0.265. The molecule has 0 aromatic carbocycles. The monoisotopic (exact) mass is 449 g/mol. The summed E-state index contributed by atoms with van der Waals surface area (Å²) in [6.45, 7) is 1.85. The SMILES string of the molecule is CCC(C(=O)OC)c1c(Br)c2n(c(=O)c1Br)C(C(=O)OC)CC2. The van der Waals surface area contributed by atoms with E-state index in [1.54, 1.807) is 0 Å². The lowest BCUT2D eigenvalue weighted by molar-refractivity contribution is -0.144. The van der Waals surface area contributed by atoms with Gasteiger partial charge in [-0.25, -0.2) is 4.79 Å². The van der Waals surface area contributed by atoms with Gasteiger partial charge in [-0.2, -0.15) is 0 Å². The van der Waals surface area contributed by atoms with E-state index in [1.807, 2.05) is 6.92 Å². The van der Waals surface area contributed by atoms with Crippen LogP contribution >= 0.6 is 31.9 Å². The number of esters is 2. The maximum absolute atomic E-state index is 12.7. The highest BCUT2D eigenvalue weighted by atomic mass is 79.9. The normalized spacial score (nSPS) is 17.5. The van der Waals surface area contributed by atoms with Crippen LogP contribution in [0.1, 0.15) is 43.0 Å². The van der Waals surface area contributed by atoms with E-state index in [9.17, 15) is 14.4 Å². The molecule has 2 atom stereocenters. The Kier molecular flexibility index (Phi) is 5.67. The zero-order valence-electron chi connectivity index (χ0n) is 13.0. The van der Waals surface area contributed by atoms with Gasteiger partial charge in [-0.1, -0.05) is 6.92 Å². The van der Waals surface area contributed by atoms with E-state index in [1.165, 1.54) is 18.8 Å². The largest absolute Gasteiger partial charge is 0.469 e. The van der Waals surface area contributed by atoms with Crippen LogP contribution in [0.4, 0.5) is 0 Å². The Balaban J connectivity index is 2.68. The molecule has 1 aliphatic rings. The fourth-order valence-corrected chi connectivity index (χ4v) is 4.76. The highest BCUT2D eigenvalue weighted by molar-refractivity contribution is 9.11. The summed E-state index contributed by atoms with van der Waals surface area (Å²) >= 11 is 6.80. The van der Waals surface area contributed by atoms with Gasteiger partial charge >= 0.3 is 11.9 Å². The number of aromatic nitrogens is 1. The molecule has 0 spiro atoms. The molecule has 1 aliphatic heterocycles. The third kappa shape index (κ3) is 2.98. The van der Waals surface area contributed by atoms with Gasteiger partial charge in [-0.3, -0.25) is 14.2 Å². The fraction of sp³-hybridized carbons (Fsp3) is 0.533. The average Bonchev–Trinajstić information content (AvgIpc) is 3.00. The summed E-state index contributed by atoms with van der Waals surface area (Å²) in [5.74, 6) is -1.40. The van der Waals surface area contributed by atoms with Crippen molar-refractivity contribution in [3.63, 3.8) is 0 Å². The second-order valence-corrected chi connectivity index (χ2v) is 6.81. The van der Waals surface area contributed by atoms with Crippen molar-refractivity contribution < 1.29 is 19.1 Å². The van der Waals surface area contributed by atoms with Crippen LogP contribution in [0.2, 0.25) is 0 Å². The predicted octanol–water partition coefficient (Wildman–Crippen LogP) is 2.70. The molecule has 0 amide bonds. The second-order valence-electron chi connectivity index (χ2n) is 5.23. The standard InChI is InChI=1S/C15H17Br2NO5/c1-4-7(14(20)22-2)10-11(16)8-5-6-9(15(21)23-3)18(8)13(19)12(10)17/h7,9H,4-6H2,1-3H3. The molecule has 0 saturated carbocycles. The highest BCUT2D eigenvalue weighted by Crippen LogP contribution is 2.39. The lowest BCUT2D eigenvalue weighted by atomic mass is 9.96. The average molecular weight is 451 g/mol. The van der Waals surface area contributed by atoms with Crippen molar-refractivity contribution in [3.05, 3.63) is 30.6 Å². The molecular weight excluding hydrogens is 434 g/mol. The zero-order valence-corrected chi connectivity index (χ0v) is 16.2. The summed E-state index contributed by atoms with van der Waals surface area (Å²) < 4.78 is 12.0. The molecule has 0 fully saturated rings. The number of carbonyl (C=O) groups is 2. The van der Waals surface area contributed by atoms with Gasteiger partial charge in [0.2, 0.25) is 0 Å². The molecule has 0 saturated heterocycles. The van der Waals surface area contributed by atoms with E-state index < -0.39 is 23.9 Å². The second kappa shape index (κ2) is 7.17. The van der Waals surface area contributed by atoms with Crippen LogP contribution in [0.5, 0.6) is 0 Å². The number of nitrogens with zero attached hydrogens (tertiary/aromatic N) is 1. The minimum Gasteiger partial charge on any atom is -0.469 e. The van der Waals surface area contributed by atoms with E-state index >= 15 is 0 Å². The van der Waals surface area contributed by atoms with Crippen molar-refractivity contribution in [2.75, 3.05) is 14.2 Å². The molecule has 0 radical (unpaired) electrons. The smallest absolute Gasteiger partial charge is 0.328 e. The van der Waals surface area contributed by atoms with Crippen LogP contribution in [0.25, 0.3) is 0 Å². The summed E-state index contributed by atoms with van der Waals surface area (Å²) in [6, 6.07) is -0.637. The Bertz CT molecular complexity index is 713. The van der Waals surface area contributed by atoms with Crippen LogP contribution in [-0.2, 0) is 25.5 Å². The van der Waals surface area contributed by atoms with E-state index in [0.29, 0.717) is 35.0 Å². The molecular formula is C15H17Br2NO5. The first-order valence-electron chi connectivity index (χ1n) is 7.16. The molecule has 1 aromatic rings. The summed E-state index contributed by atoms with van der Waals surface area (Å²) in [7, 11) is 2.62. The summed E-state index contributed by atoms with van der Waals surface area (Å²) in [6.07, 6.45) is 1.53. The Morgan fingerprint density at radius 3 is 2.43 bits per heavy atom. The molecule has 2 rings (SSSR count). The molecule has 23 heavy (non-hydrogen) atoms. The Morgan fingerprint density at radius 2 is 1.91 bits per heavy atom. The van der Waals surface area contributed by atoms with Gasteiger partial charge in [0.05, 0.1) is 24.6 Å². The van der Waals surface area contributed by atoms with Crippen molar-refractivity contribution in [3.8, 4) is 0 Å². The predicted molar refractivity (Wildman–Crippen MR) is 90.5 cm³/mol. The third-order valence-corrected chi connectivity index (χ3v) is 5.76. The molecule has 2 unspecified atom stereocenters. The van der Waals surface area contributed by atoms with E-state index in [0.717, 1.165) is 0 Å². The summed E-state index contributed by atoms with van der Waals surface area (Å²) in [4.78, 5) is 36.7. The van der Waals surface area contributed by atoms with Crippen molar-refractivity contribution in [1.29, 1.82) is 0 Å². The molecule has 0 aliphatic carbocycles. The van der Waals surface area contributed by atoms with Crippen LogP contribution < -0.4 is 5.56 Å². The van der Waals surface area contributed by atoms with Crippen molar-refractivity contribution in [1.82, 2.24) is 4.57 Å². The number of methoxy groups -OCH3 is 2. The fourth-order valence-electron chi connectivity index (χ4n) is 2.96. The lowest BCUT2D eigenvalue weighted by Crippen LogP contribution is -2.31. The van der Waals surface area contributed by atoms with Gasteiger partial charge in [0.1, 0.15) is 6.04 Å². The number of rotatable bonds is 4. The number of pyridine rings is 1. The van der Waals surface area contributed by atoms with Gasteiger partial charge in [0, 0.05) is 15.7 Å². The number of carbonyl (C=O) groups excluding carboxylic acids is 2. The molecule has 126 valence electrons. The first kappa shape index (κ1) is 18.2. The molecule has 8 heteroatoms. The topological polar surface area (TPSA) is 74.6 Å². The number of halogens is 2. The number of ether oxygens (including phenoxy) is 2. The molecule has 0 N–H and O–H groups in total. The number of hydrogen-bond donors (Lipinski definition) is 0. The molecule has 1 aromatic heterocycles. The molecule has 6 nitrogen and oxygen atoms in total. The quantitative estimate of drug-likeness (QED) is 0.659.